The van der Waals surface area contributed by atoms with Crippen molar-refractivity contribution in [2.75, 3.05) is 7.05 Å². The molecule has 3 heteroatoms. The molecule has 3 nitrogen and oxygen atoms in total. The van der Waals surface area contributed by atoms with Crippen LogP contribution in [0.4, 0.5) is 0 Å². The predicted octanol–water partition coefficient (Wildman–Crippen LogP) is 1.51. The van der Waals surface area contributed by atoms with E-state index in [-0.39, 0.29) is 0 Å². The van der Waals surface area contributed by atoms with Crippen LogP contribution in [0, 0.1) is 5.92 Å². The molecule has 0 bridgehead atoms. The molecule has 2 rings (SSSR count). The SMILES string of the molecule is CN1C(=O)CC[C@@H]2C(N)CCCCCC21. The number of nitrogens with zero attached hydrogens (tertiary/aromatic N) is 1. The largest absolute Gasteiger partial charge is 0.342 e. The van der Waals surface area contributed by atoms with Gasteiger partial charge in [-0.15, -0.1) is 0 Å². The summed E-state index contributed by atoms with van der Waals surface area (Å²) in [4.78, 5) is 13.6. The van der Waals surface area contributed by atoms with E-state index in [1.807, 2.05) is 11.9 Å². The van der Waals surface area contributed by atoms with Gasteiger partial charge in [-0.2, -0.15) is 0 Å². The molecule has 2 unspecified atom stereocenters. The monoisotopic (exact) mass is 210 g/mol. The van der Waals surface area contributed by atoms with Gasteiger partial charge in [-0.1, -0.05) is 19.3 Å². The Morgan fingerprint density at radius 2 is 1.93 bits per heavy atom. The van der Waals surface area contributed by atoms with Gasteiger partial charge >= 0.3 is 0 Å². The summed E-state index contributed by atoms with van der Waals surface area (Å²) in [6, 6.07) is 0.729. The second kappa shape index (κ2) is 4.52. The molecule has 1 amide bonds. The summed E-state index contributed by atoms with van der Waals surface area (Å²) >= 11 is 0. The standard InChI is InChI=1S/C12H22N2O/c1-14-11-6-4-2-3-5-10(13)9(11)7-8-12(14)15/h9-11H,2-8,13H2,1H3/t9-,10?,11?/m1/s1. The normalized spacial score (nSPS) is 38.1. The molecule has 0 aromatic carbocycles. The summed E-state index contributed by atoms with van der Waals surface area (Å²) in [5.74, 6) is 0.858. The number of hydrogen-bond donors (Lipinski definition) is 1. The maximum absolute atomic E-state index is 11.6. The minimum atomic E-state index is 0.309. The van der Waals surface area contributed by atoms with Crippen LogP contribution < -0.4 is 5.73 Å². The predicted molar refractivity (Wildman–Crippen MR) is 60.3 cm³/mol. The molecule has 0 spiro atoms. The van der Waals surface area contributed by atoms with Gasteiger partial charge in [0.1, 0.15) is 0 Å². The lowest BCUT2D eigenvalue weighted by Gasteiger charge is -2.43. The van der Waals surface area contributed by atoms with Crippen LogP contribution in [0.3, 0.4) is 0 Å². The highest BCUT2D eigenvalue weighted by atomic mass is 16.2. The molecule has 1 aliphatic carbocycles. The Labute approximate surface area is 92.0 Å². The van der Waals surface area contributed by atoms with E-state index < -0.39 is 0 Å². The molecule has 2 N–H and O–H groups in total. The van der Waals surface area contributed by atoms with E-state index in [4.69, 9.17) is 5.73 Å². The van der Waals surface area contributed by atoms with E-state index in [1.165, 1.54) is 19.3 Å². The fraction of sp³-hybridized carbons (Fsp3) is 0.917. The average molecular weight is 210 g/mol. The Hall–Kier alpha value is -0.570. The minimum absolute atomic E-state index is 0.309. The third-order valence-corrected chi connectivity index (χ3v) is 4.16. The molecule has 0 aromatic heterocycles. The molecule has 1 heterocycles. The summed E-state index contributed by atoms with van der Waals surface area (Å²) in [5.41, 5.74) is 6.23. The number of fused-ring (bicyclic) bond motifs is 1. The molecular weight excluding hydrogens is 188 g/mol. The molecule has 2 fully saturated rings. The number of hydrogen-bond acceptors (Lipinski definition) is 2. The second-order valence-corrected chi connectivity index (χ2v) is 5.08. The van der Waals surface area contributed by atoms with Gasteiger partial charge in [0.2, 0.25) is 5.91 Å². The zero-order valence-electron chi connectivity index (χ0n) is 9.61. The van der Waals surface area contributed by atoms with Gasteiger partial charge in [-0.05, 0) is 25.2 Å². The zero-order chi connectivity index (χ0) is 10.8. The minimum Gasteiger partial charge on any atom is -0.342 e. The molecule has 15 heavy (non-hydrogen) atoms. The molecule has 0 aromatic rings. The summed E-state index contributed by atoms with van der Waals surface area (Å²) < 4.78 is 0. The van der Waals surface area contributed by atoms with Crippen LogP contribution in [0.15, 0.2) is 0 Å². The number of rotatable bonds is 0. The van der Waals surface area contributed by atoms with Crippen LogP contribution in [-0.2, 0) is 4.79 Å². The molecule has 1 saturated heterocycles. The molecule has 1 aliphatic heterocycles. The van der Waals surface area contributed by atoms with E-state index in [9.17, 15) is 4.79 Å². The lowest BCUT2D eigenvalue weighted by atomic mass is 9.78. The quantitative estimate of drug-likeness (QED) is 0.659. The number of likely N-dealkylation sites (tertiary alicyclic amines) is 1. The van der Waals surface area contributed by atoms with Crippen molar-refractivity contribution in [3.05, 3.63) is 0 Å². The fourth-order valence-corrected chi connectivity index (χ4v) is 3.16. The zero-order valence-corrected chi connectivity index (χ0v) is 9.61. The number of amides is 1. The molecule has 1 saturated carbocycles. The maximum atomic E-state index is 11.6. The van der Waals surface area contributed by atoms with Crippen molar-refractivity contribution in [3.63, 3.8) is 0 Å². The van der Waals surface area contributed by atoms with Crippen molar-refractivity contribution in [1.29, 1.82) is 0 Å². The van der Waals surface area contributed by atoms with E-state index in [1.54, 1.807) is 0 Å². The van der Waals surface area contributed by atoms with Crippen LogP contribution in [-0.4, -0.2) is 29.9 Å². The summed E-state index contributed by atoms with van der Waals surface area (Å²) in [7, 11) is 1.95. The lowest BCUT2D eigenvalue weighted by Crippen LogP contribution is -2.52. The van der Waals surface area contributed by atoms with Crippen molar-refractivity contribution in [1.82, 2.24) is 4.90 Å². The smallest absolute Gasteiger partial charge is 0.222 e. The molecule has 3 atom stereocenters. The van der Waals surface area contributed by atoms with Gasteiger partial charge in [0.15, 0.2) is 0 Å². The number of carbonyl (C=O) groups is 1. The van der Waals surface area contributed by atoms with Crippen molar-refractivity contribution in [2.45, 2.75) is 57.0 Å². The maximum Gasteiger partial charge on any atom is 0.222 e. The molecular formula is C12H22N2O. The van der Waals surface area contributed by atoms with Gasteiger partial charge in [-0.3, -0.25) is 4.79 Å². The topological polar surface area (TPSA) is 46.3 Å². The number of carbonyl (C=O) groups excluding carboxylic acids is 1. The summed E-state index contributed by atoms with van der Waals surface area (Å²) in [6.45, 7) is 0. The fourth-order valence-electron chi connectivity index (χ4n) is 3.16. The summed E-state index contributed by atoms with van der Waals surface area (Å²) in [6.07, 6.45) is 7.80. The lowest BCUT2D eigenvalue weighted by molar-refractivity contribution is -0.137. The first kappa shape index (κ1) is 10.9. The van der Waals surface area contributed by atoms with Gasteiger partial charge in [0, 0.05) is 25.6 Å². The van der Waals surface area contributed by atoms with Gasteiger partial charge in [-0.25, -0.2) is 0 Å². The Balaban J connectivity index is 2.11. The van der Waals surface area contributed by atoms with Crippen LogP contribution in [0.5, 0.6) is 0 Å². The van der Waals surface area contributed by atoms with E-state index in [0.29, 0.717) is 30.3 Å². The Bertz CT molecular complexity index is 242. The van der Waals surface area contributed by atoms with Crippen molar-refractivity contribution in [2.24, 2.45) is 11.7 Å². The molecule has 2 aliphatic rings. The Kier molecular flexibility index (Phi) is 3.29. The third kappa shape index (κ3) is 2.17. The highest BCUT2D eigenvalue weighted by Gasteiger charge is 2.36. The number of piperidine rings is 1. The van der Waals surface area contributed by atoms with Crippen molar-refractivity contribution < 1.29 is 4.79 Å². The highest BCUT2D eigenvalue weighted by molar-refractivity contribution is 5.77. The van der Waals surface area contributed by atoms with Crippen molar-refractivity contribution in [3.8, 4) is 0 Å². The first-order valence-corrected chi connectivity index (χ1v) is 6.21. The van der Waals surface area contributed by atoms with Gasteiger partial charge < -0.3 is 10.6 Å². The molecule has 86 valence electrons. The molecule has 0 radical (unpaired) electrons. The highest BCUT2D eigenvalue weighted by Crippen LogP contribution is 2.32. The third-order valence-electron chi connectivity index (χ3n) is 4.16. The first-order valence-electron chi connectivity index (χ1n) is 6.21. The first-order chi connectivity index (χ1) is 7.20. The average Bonchev–Trinajstić information content (AvgIpc) is 2.20. The van der Waals surface area contributed by atoms with Crippen molar-refractivity contribution >= 4 is 5.91 Å². The van der Waals surface area contributed by atoms with Gasteiger partial charge in [0.05, 0.1) is 0 Å². The van der Waals surface area contributed by atoms with Crippen LogP contribution in [0.1, 0.15) is 44.9 Å². The van der Waals surface area contributed by atoms with Crippen LogP contribution in [0.2, 0.25) is 0 Å². The second-order valence-electron chi connectivity index (χ2n) is 5.08. The Morgan fingerprint density at radius 1 is 1.20 bits per heavy atom. The summed E-state index contributed by atoms with van der Waals surface area (Å²) in [5, 5.41) is 0. The van der Waals surface area contributed by atoms with Gasteiger partial charge in [0.25, 0.3) is 0 Å². The van der Waals surface area contributed by atoms with E-state index in [0.717, 1.165) is 19.3 Å². The van der Waals surface area contributed by atoms with Crippen LogP contribution in [0.25, 0.3) is 0 Å². The van der Waals surface area contributed by atoms with Crippen LogP contribution >= 0.6 is 0 Å². The Morgan fingerprint density at radius 3 is 2.73 bits per heavy atom. The number of nitrogens with two attached hydrogens (primary N) is 1. The van der Waals surface area contributed by atoms with E-state index in [2.05, 4.69) is 0 Å². The van der Waals surface area contributed by atoms with E-state index >= 15 is 0 Å².